The highest BCUT2D eigenvalue weighted by atomic mass is 16.5. The normalized spacial score (nSPS) is 17.1. The molecule has 1 N–H and O–H groups in total. The Labute approximate surface area is 150 Å². The van der Waals surface area contributed by atoms with Crippen molar-refractivity contribution in [2.45, 2.75) is 26.7 Å². The topological polar surface area (TPSA) is 61.9 Å². The van der Waals surface area contributed by atoms with Crippen LogP contribution in [0.5, 0.6) is 5.75 Å². The van der Waals surface area contributed by atoms with Crippen molar-refractivity contribution in [3.63, 3.8) is 0 Å². The molecule has 1 aliphatic rings. The van der Waals surface area contributed by atoms with E-state index < -0.39 is 0 Å². The summed E-state index contributed by atoms with van der Waals surface area (Å²) in [6.45, 7) is 6.01. The van der Waals surface area contributed by atoms with E-state index in [0.29, 0.717) is 11.7 Å². The standard InChI is InChI=1S/C19H29N3O3/c1-14-7-8-16(17(10-14)25-13-19(24)21(3)4)20-11-18(23)22-9-5-6-15(2)12-22/h7-8,10,15,20H,5-6,9,11-13H2,1-4H3/t15-/m0/s1. The number of nitrogens with one attached hydrogen (secondary N) is 1. The summed E-state index contributed by atoms with van der Waals surface area (Å²) in [7, 11) is 3.39. The Bertz CT molecular complexity index is 616. The van der Waals surface area contributed by atoms with E-state index in [9.17, 15) is 9.59 Å². The fourth-order valence-corrected chi connectivity index (χ4v) is 2.86. The largest absolute Gasteiger partial charge is 0.482 e. The van der Waals surface area contributed by atoms with Gasteiger partial charge in [-0.15, -0.1) is 0 Å². The molecule has 0 spiro atoms. The molecule has 6 nitrogen and oxygen atoms in total. The zero-order chi connectivity index (χ0) is 18.4. The maximum atomic E-state index is 12.4. The third kappa shape index (κ3) is 5.66. The van der Waals surface area contributed by atoms with Gasteiger partial charge in [0.25, 0.3) is 5.91 Å². The number of hydrogen-bond acceptors (Lipinski definition) is 4. The Hall–Kier alpha value is -2.24. The van der Waals surface area contributed by atoms with Crippen molar-refractivity contribution < 1.29 is 14.3 Å². The molecule has 1 aromatic rings. The van der Waals surface area contributed by atoms with Crippen LogP contribution in [0.3, 0.4) is 0 Å². The number of carbonyl (C=O) groups excluding carboxylic acids is 2. The molecule has 0 unspecified atom stereocenters. The summed E-state index contributed by atoms with van der Waals surface area (Å²) in [4.78, 5) is 27.6. The maximum Gasteiger partial charge on any atom is 0.259 e. The van der Waals surface area contributed by atoms with Crippen molar-refractivity contribution in [1.82, 2.24) is 9.80 Å². The molecular formula is C19H29N3O3. The zero-order valence-corrected chi connectivity index (χ0v) is 15.7. The Morgan fingerprint density at radius 1 is 1.36 bits per heavy atom. The van der Waals surface area contributed by atoms with E-state index in [0.717, 1.165) is 30.8 Å². The molecule has 1 fully saturated rings. The van der Waals surface area contributed by atoms with Crippen LogP contribution < -0.4 is 10.1 Å². The number of likely N-dealkylation sites (tertiary alicyclic amines) is 1. The van der Waals surface area contributed by atoms with E-state index >= 15 is 0 Å². The lowest BCUT2D eigenvalue weighted by molar-refractivity contribution is -0.131. The van der Waals surface area contributed by atoms with E-state index in [-0.39, 0.29) is 25.0 Å². The molecule has 1 heterocycles. The average Bonchev–Trinajstić information content (AvgIpc) is 2.58. The third-order valence-electron chi connectivity index (χ3n) is 4.43. The van der Waals surface area contributed by atoms with Crippen LogP contribution in [0.25, 0.3) is 0 Å². The van der Waals surface area contributed by atoms with Gasteiger partial charge in [-0.05, 0) is 43.4 Å². The van der Waals surface area contributed by atoms with Gasteiger partial charge in [0.15, 0.2) is 6.61 Å². The highest BCUT2D eigenvalue weighted by Gasteiger charge is 2.20. The molecular weight excluding hydrogens is 318 g/mol. The van der Waals surface area contributed by atoms with Crippen LogP contribution in [0.1, 0.15) is 25.3 Å². The Morgan fingerprint density at radius 3 is 2.80 bits per heavy atom. The first-order valence-corrected chi connectivity index (χ1v) is 8.82. The monoisotopic (exact) mass is 347 g/mol. The zero-order valence-electron chi connectivity index (χ0n) is 15.7. The van der Waals surface area contributed by atoms with Crippen LogP contribution in [-0.2, 0) is 9.59 Å². The van der Waals surface area contributed by atoms with Crippen molar-refractivity contribution in [2.24, 2.45) is 5.92 Å². The molecule has 2 amide bonds. The lowest BCUT2D eigenvalue weighted by Gasteiger charge is -2.31. The number of nitrogens with zero attached hydrogens (tertiary/aromatic N) is 2. The van der Waals surface area contributed by atoms with Crippen molar-refractivity contribution in [3.05, 3.63) is 23.8 Å². The van der Waals surface area contributed by atoms with Gasteiger partial charge in [0, 0.05) is 27.2 Å². The average molecular weight is 347 g/mol. The predicted molar refractivity (Wildman–Crippen MR) is 98.8 cm³/mol. The second-order valence-electron chi connectivity index (χ2n) is 7.02. The summed E-state index contributed by atoms with van der Waals surface area (Å²) in [5.41, 5.74) is 1.77. The molecule has 1 saturated heterocycles. The number of benzene rings is 1. The number of carbonyl (C=O) groups is 2. The second kappa shape index (κ2) is 8.74. The van der Waals surface area contributed by atoms with Crippen LogP contribution in [0.15, 0.2) is 18.2 Å². The number of hydrogen-bond donors (Lipinski definition) is 1. The van der Waals surface area contributed by atoms with Crippen LogP contribution in [0, 0.1) is 12.8 Å². The Morgan fingerprint density at radius 2 is 2.12 bits per heavy atom. The minimum Gasteiger partial charge on any atom is -0.482 e. The van der Waals surface area contributed by atoms with Crippen LogP contribution >= 0.6 is 0 Å². The lowest BCUT2D eigenvalue weighted by Crippen LogP contribution is -2.42. The van der Waals surface area contributed by atoms with E-state index in [1.807, 2.05) is 30.0 Å². The highest BCUT2D eigenvalue weighted by Crippen LogP contribution is 2.26. The van der Waals surface area contributed by atoms with Gasteiger partial charge in [-0.3, -0.25) is 9.59 Å². The number of rotatable bonds is 6. The van der Waals surface area contributed by atoms with E-state index in [4.69, 9.17) is 4.74 Å². The first kappa shape index (κ1) is 19.1. The number of anilines is 1. The van der Waals surface area contributed by atoms with Gasteiger partial charge >= 0.3 is 0 Å². The summed E-state index contributed by atoms with van der Waals surface area (Å²) in [6.07, 6.45) is 2.26. The number of amides is 2. The molecule has 2 rings (SSSR count). The maximum absolute atomic E-state index is 12.4. The smallest absolute Gasteiger partial charge is 0.259 e. The number of ether oxygens (including phenoxy) is 1. The summed E-state index contributed by atoms with van der Waals surface area (Å²) >= 11 is 0. The molecule has 0 aliphatic carbocycles. The molecule has 1 aliphatic heterocycles. The Kier molecular flexibility index (Phi) is 6.67. The van der Waals surface area contributed by atoms with Gasteiger partial charge in [-0.25, -0.2) is 0 Å². The molecule has 138 valence electrons. The fourth-order valence-electron chi connectivity index (χ4n) is 2.86. The molecule has 6 heteroatoms. The minimum atomic E-state index is -0.106. The molecule has 25 heavy (non-hydrogen) atoms. The van der Waals surface area contributed by atoms with Gasteiger partial charge < -0.3 is 19.9 Å². The quantitative estimate of drug-likeness (QED) is 0.856. The summed E-state index contributed by atoms with van der Waals surface area (Å²) < 4.78 is 5.66. The minimum absolute atomic E-state index is 0.0251. The van der Waals surface area contributed by atoms with E-state index in [1.54, 1.807) is 14.1 Å². The molecule has 1 aromatic carbocycles. The Balaban J connectivity index is 1.96. The number of likely N-dealkylation sites (N-methyl/N-ethyl adjacent to an activating group) is 1. The summed E-state index contributed by atoms with van der Waals surface area (Å²) in [5.74, 6) is 1.15. The van der Waals surface area contributed by atoms with Crippen molar-refractivity contribution in [3.8, 4) is 5.75 Å². The second-order valence-corrected chi connectivity index (χ2v) is 7.02. The van der Waals surface area contributed by atoms with Gasteiger partial charge in [0.05, 0.1) is 12.2 Å². The van der Waals surface area contributed by atoms with Crippen LogP contribution in [0.4, 0.5) is 5.69 Å². The van der Waals surface area contributed by atoms with Crippen molar-refractivity contribution >= 4 is 17.5 Å². The molecule has 1 atom stereocenters. The summed E-state index contributed by atoms with van der Waals surface area (Å²) in [5, 5.41) is 3.16. The van der Waals surface area contributed by atoms with E-state index in [2.05, 4.69) is 12.2 Å². The van der Waals surface area contributed by atoms with Crippen LogP contribution in [0.2, 0.25) is 0 Å². The predicted octanol–water partition coefficient (Wildman–Crippen LogP) is 2.13. The van der Waals surface area contributed by atoms with Crippen molar-refractivity contribution in [2.75, 3.05) is 45.7 Å². The molecule has 0 bridgehead atoms. The number of aryl methyl sites for hydroxylation is 1. The van der Waals surface area contributed by atoms with Crippen molar-refractivity contribution in [1.29, 1.82) is 0 Å². The SMILES string of the molecule is Cc1ccc(NCC(=O)N2CCC[C@H](C)C2)c(OCC(=O)N(C)C)c1. The van der Waals surface area contributed by atoms with Gasteiger partial charge in [-0.1, -0.05) is 13.0 Å². The third-order valence-corrected chi connectivity index (χ3v) is 4.43. The highest BCUT2D eigenvalue weighted by molar-refractivity contribution is 5.82. The van der Waals surface area contributed by atoms with E-state index in [1.165, 1.54) is 11.3 Å². The first-order valence-electron chi connectivity index (χ1n) is 8.82. The summed E-state index contributed by atoms with van der Waals surface area (Å²) in [6, 6.07) is 5.71. The molecule has 0 saturated carbocycles. The molecule has 0 aromatic heterocycles. The fraction of sp³-hybridized carbons (Fsp3) is 0.579. The first-order chi connectivity index (χ1) is 11.9. The van der Waals surface area contributed by atoms with Crippen LogP contribution in [-0.4, -0.2) is 62.0 Å². The van der Waals surface area contributed by atoms with Gasteiger partial charge in [-0.2, -0.15) is 0 Å². The lowest BCUT2D eigenvalue weighted by atomic mass is 10.0. The number of piperidine rings is 1. The van der Waals surface area contributed by atoms with Gasteiger partial charge in [0.2, 0.25) is 5.91 Å². The molecule has 0 radical (unpaired) electrons. The van der Waals surface area contributed by atoms with Gasteiger partial charge in [0.1, 0.15) is 5.75 Å².